The Labute approximate surface area is 172 Å². The van der Waals surface area contributed by atoms with E-state index in [2.05, 4.69) is 4.98 Å². The fraction of sp³-hybridized carbons (Fsp3) is 0.238. The molecule has 1 aromatic heterocycles. The van der Waals surface area contributed by atoms with Crippen LogP contribution in [0.15, 0.2) is 42.5 Å². The van der Waals surface area contributed by atoms with Crippen LogP contribution in [0.3, 0.4) is 0 Å². The molecule has 29 heavy (non-hydrogen) atoms. The number of carbonyl (C=O) groups excluding carboxylic acids is 1. The lowest BCUT2D eigenvalue weighted by Gasteiger charge is -2.15. The summed E-state index contributed by atoms with van der Waals surface area (Å²) < 4.78 is 1.56. The van der Waals surface area contributed by atoms with E-state index in [0.717, 1.165) is 11.4 Å². The number of imidazole rings is 1. The number of benzene rings is 2. The van der Waals surface area contributed by atoms with Gasteiger partial charge in [0.25, 0.3) is 5.69 Å². The van der Waals surface area contributed by atoms with Gasteiger partial charge < -0.3 is 5.11 Å². The minimum Gasteiger partial charge on any atom is -0.388 e. The van der Waals surface area contributed by atoms with Crippen LogP contribution in [0.4, 0.5) is 5.69 Å². The van der Waals surface area contributed by atoms with Gasteiger partial charge in [-0.15, -0.1) is 0 Å². The van der Waals surface area contributed by atoms with Crippen LogP contribution < -0.4 is 0 Å². The van der Waals surface area contributed by atoms with Gasteiger partial charge in [-0.05, 0) is 43.2 Å². The minimum absolute atomic E-state index is 0.116. The van der Waals surface area contributed by atoms with Gasteiger partial charge in [-0.1, -0.05) is 31.5 Å². The highest BCUT2D eigenvalue weighted by atomic mass is 35.5. The first-order valence-corrected chi connectivity index (χ1v) is 9.58. The van der Waals surface area contributed by atoms with Crippen molar-refractivity contribution in [1.29, 1.82) is 0 Å². The molecule has 0 bridgehead atoms. The summed E-state index contributed by atoms with van der Waals surface area (Å²) in [5.41, 5.74) is 1.87. The Morgan fingerprint density at radius 2 is 1.86 bits per heavy atom. The molecule has 0 aliphatic heterocycles. The number of aliphatic hydroxyl groups is 1. The number of aliphatic hydroxyl groups excluding tert-OH is 1. The number of rotatable bonds is 7. The summed E-state index contributed by atoms with van der Waals surface area (Å²) in [4.78, 5) is 29.0. The van der Waals surface area contributed by atoms with Crippen molar-refractivity contribution >= 4 is 23.1 Å². The van der Waals surface area contributed by atoms with Crippen LogP contribution in [0.1, 0.15) is 47.0 Å². The molecule has 0 saturated carbocycles. The summed E-state index contributed by atoms with van der Waals surface area (Å²) in [6, 6.07) is 10.7. The van der Waals surface area contributed by atoms with Crippen LogP contribution in [-0.2, 0) is 19.4 Å². The van der Waals surface area contributed by atoms with Gasteiger partial charge in [0.05, 0.1) is 16.2 Å². The molecule has 0 aliphatic rings. The molecule has 0 aliphatic carbocycles. The normalized spacial score (nSPS) is 10.9. The molecule has 0 fully saturated rings. The zero-order valence-corrected chi connectivity index (χ0v) is 16.8. The molecule has 1 heterocycles. The predicted molar refractivity (Wildman–Crippen MR) is 110 cm³/mol. The number of para-hydroxylation sites is 1. The molecular formula is C21H20ClN3O4. The number of aromatic nitrogens is 2. The Hall–Kier alpha value is -3.03. The number of aryl methyl sites for hydroxylation is 1. The molecule has 3 aromatic rings. The van der Waals surface area contributed by atoms with E-state index in [1.165, 1.54) is 12.1 Å². The average molecular weight is 414 g/mol. The molecule has 0 unspecified atom stereocenters. The lowest BCUT2D eigenvalue weighted by molar-refractivity contribution is -0.384. The number of hydrogen-bond donors (Lipinski definition) is 1. The van der Waals surface area contributed by atoms with E-state index in [1.807, 2.05) is 13.8 Å². The molecule has 0 atom stereocenters. The molecule has 1 N–H and O–H groups in total. The van der Waals surface area contributed by atoms with Crippen molar-refractivity contribution in [1.82, 2.24) is 9.55 Å². The molecule has 0 spiro atoms. The Morgan fingerprint density at radius 1 is 1.17 bits per heavy atom. The van der Waals surface area contributed by atoms with Crippen LogP contribution >= 0.6 is 11.6 Å². The highest BCUT2D eigenvalue weighted by Gasteiger charge is 2.28. The minimum atomic E-state index is -0.528. The molecule has 7 nitrogen and oxygen atoms in total. The van der Waals surface area contributed by atoms with Gasteiger partial charge in [0, 0.05) is 22.3 Å². The van der Waals surface area contributed by atoms with Crippen LogP contribution in [0.25, 0.3) is 5.69 Å². The fourth-order valence-corrected chi connectivity index (χ4v) is 3.55. The first-order valence-electron chi connectivity index (χ1n) is 9.21. The zero-order valence-electron chi connectivity index (χ0n) is 16.1. The van der Waals surface area contributed by atoms with Crippen molar-refractivity contribution in [3.8, 4) is 5.69 Å². The van der Waals surface area contributed by atoms with Gasteiger partial charge in [0.2, 0.25) is 0 Å². The highest BCUT2D eigenvalue weighted by molar-refractivity contribution is 6.30. The number of carbonyl (C=O) groups is 1. The van der Waals surface area contributed by atoms with Crippen LogP contribution in [-0.4, -0.2) is 25.4 Å². The smallest absolute Gasteiger partial charge is 0.294 e. The summed E-state index contributed by atoms with van der Waals surface area (Å²) in [5, 5.41) is 22.2. The van der Waals surface area contributed by atoms with Crippen molar-refractivity contribution in [2.24, 2.45) is 0 Å². The lowest BCUT2D eigenvalue weighted by atomic mass is 10.00. The molecule has 150 valence electrons. The van der Waals surface area contributed by atoms with E-state index in [0.29, 0.717) is 23.4 Å². The van der Waals surface area contributed by atoms with E-state index < -0.39 is 11.5 Å². The number of nitrogens with zero attached hydrogens (tertiary/aromatic N) is 3. The van der Waals surface area contributed by atoms with Crippen LogP contribution in [0.2, 0.25) is 5.02 Å². The third-order valence-corrected chi connectivity index (χ3v) is 4.97. The molecule has 0 amide bonds. The molecule has 0 saturated heterocycles. The number of nitro benzene ring substituents is 1. The second-order valence-electron chi connectivity index (χ2n) is 6.39. The Bertz CT molecular complexity index is 1070. The first-order chi connectivity index (χ1) is 13.9. The maximum Gasteiger partial charge on any atom is 0.294 e. The predicted octanol–water partition coefficient (Wildman–Crippen LogP) is 4.28. The van der Waals surface area contributed by atoms with Gasteiger partial charge in [-0.25, -0.2) is 4.98 Å². The van der Waals surface area contributed by atoms with Crippen molar-refractivity contribution in [2.75, 3.05) is 0 Å². The third kappa shape index (κ3) is 3.79. The molecular weight excluding hydrogens is 394 g/mol. The average Bonchev–Trinajstić information content (AvgIpc) is 3.10. The fourth-order valence-electron chi connectivity index (χ4n) is 3.42. The number of halogens is 1. The summed E-state index contributed by atoms with van der Waals surface area (Å²) in [7, 11) is 0. The number of ketones is 1. The van der Waals surface area contributed by atoms with Crippen molar-refractivity contribution in [3.63, 3.8) is 0 Å². The monoisotopic (exact) mass is 413 g/mol. The SMILES string of the molecule is CCc1nc(CO)n(-c2c(C(=O)c3ccc(Cl)cc3)cccc2[N+](=O)[O-])c1CC. The summed E-state index contributed by atoms with van der Waals surface area (Å²) in [6.45, 7) is 3.42. The Kier molecular flexibility index (Phi) is 6.10. The largest absolute Gasteiger partial charge is 0.388 e. The van der Waals surface area contributed by atoms with Crippen molar-refractivity contribution < 1.29 is 14.8 Å². The topological polar surface area (TPSA) is 98.3 Å². The Morgan fingerprint density at radius 3 is 2.41 bits per heavy atom. The van der Waals surface area contributed by atoms with Gasteiger partial charge in [0.15, 0.2) is 5.78 Å². The summed E-state index contributed by atoms with van der Waals surface area (Å²) >= 11 is 5.91. The molecule has 3 rings (SSSR count). The highest BCUT2D eigenvalue weighted by Crippen LogP contribution is 2.32. The quantitative estimate of drug-likeness (QED) is 0.354. The third-order valence-electron chi connectivity index (χ3n) is 4.72. The van der Waals surface area contributed by atoms with E-state index in [1.54, 1.807) is 34.9 Å². The maximum absolute atomic E-state index is 13.2. The molecule has 8 heteroatoms. The lowest BCUT2D eigenvalue weighted by Crippen LogP contribution is -2.14. The second kappa shape index (κ2) is 8.55. The van der Waals surface area contributed by atoms with Gasteiger partial charge >= 0.3 is 0 Å². The maximum atomic E-state index is 13.2. The standard InChI is InChI=1S/C21H20ClN3O4/c1-3-16-17(4-2)24(19(12-26)23-16)20-15(6-5-7-18(20)25(28)29)21(27)13-8-10-14(22)11-9-13/h5-11,26H,3-4,12H2,1-2H3. The summed E-state index contributed by atoms with van der Waals surface area (Å²) in [5.74, 6) is -0.115. The van der Waals surface area contributed by atoms with E-state index in [9.17, 15) is 20.0 Å². The van der Waals surface area contributed by atoms with E-state index >= 15 is 0 Å². The Balaban J connectivity index is 2.34. The summed E-state index contributed by atoms with van der Waals surface area (Å²) in [6.07, 6.45) is 1.14. The number of hydrogen-bond acceptors (Lipinski definition) is 5. The molecule has 2 aromatic carbocycles. The van der Waals surface area contributed by atoms with Crippen molar-refractivity contribution in [2.45, 2.75) is 33.3 Å². The first kappa shape index (κ1) is 20.7. The van der Waals surface area contributed by atoms with Gasteiger partial charge in [-0.3, -0.25) is 19.5 Å². The van der Waals surface area contributed by atoms with Crippen molar-refractivity contribution in [3.05, 3.63) is 85.9 Å². The second-order valence-corrected chi connectivity index (χ2v) is 6.82. The van der Waals surface area contributed by atoms with Crippen LogP contribution in [0.5, 0.6) is 0 Å². The van der Waals surface area contributed by atoms with E-state index in [4.69, 9.17) is 11.6 Å². The van der Waals surface area contributed by atoms with E-state index in [-0.39, 0.29) is 28.5 Å². The number of nitro groups is 1. The molecule has 0 radical (unpaired) electrons. The van der Waals surface area contributed by atoms with Crippen LogP contribution in [0, 0.1) is 10.1 Å². The van der Waals surface area contributed by atoms with Gasteiger partial charge in [-0.2, -0.15) is 0 Å². The zero-order chi connectivity index (χ0) is 21.1. The van der Waals surface area contributed by atoms with Gasteiger partial charge in [0.1, 0.15) is 18.1 Å².